The maximum Gasteiger partial charge on any atom is 0.337 e. The average molecular weight is 451 g/mol. The van der Waals surface area contributed by atoms with Crippen molar-refractivity contribution < 1.29 is 23.9 Å². The first-order valence-corrected chi connectivity index (χ1v) is 10.1. The first-order chi connectivity index (χ1) is 15.4. The standard InChI is InChI=1S/C24H19ClN2O5/c1-31-24(30)17-4-2-3-15(11-17)13-27-20-12-19(9-10-21(20)32-14-22(27)28)26-23(29)16-5-7-18(25)8-6-16/h2-12H,13-14H2,1H3,(H,26,29). The maximum atomic E-state index is 12.6. The Bertz CT molecular complexity index is 1190. The number of hydrogen-bond acceptors (Lipinski definition) is 5. The number of hydrogen-bond donors (Lipinski definition) is 1. The van der Waals surface area contributed by atoms with Gasteiger partial charge in [-0.3, -0.25) is 9.59 Å². The highest BCUT2D eigenvalue weighted by Gasteiger charge is 2.26. The Kier molecular flexibility index (Phi) is 6.09. The number of halogens is 1. The molecule has 7 nitrogen and oxygen atoms in total. The second-order valence-electron chi connectivity index (χ2n) is 7.10. The highest BCUT2D eigenvalue weighted by molar-refractivity contribution is 6.30. The van der Waals surface area contributed by atoms with Gasteiger partial charge >= 0.3 is 5.97 Å². The fourth-order valence-electron chi connectivity index (χ4n) is 3.35. The fourth-order valence-corrected chi connectivity index (χ4v) is 3.48. The molecule has 1 aliphatic heterocycles. The van der Waals surface area contributed by atoms with Gasteiger partial charge < -0.3 is 19.7 Å². The molecular formula is C24H19ClN2O5. The topological polar surface area (TPSA) is 84.9 Å². The molecule has 0 atom stereocenters. The largest absolute Gasteiger partial charge is 0.482 e. The van der Waals surface area contributed by atoms with Gasteiger partial charge in [0.2, 0.25) is 0 Å². The van der Waals surface area contributed by atoms with Crippen LogP contribution in [0.3, 0.4) is 0 Å². The number of nitrogens with zero attached hydrogens (tertiary/aromatic N) is 1. The molecule has 1 heterocycles. The van der Waals surface area contributed by atoms with E-state index in [1.165, 1.54) is 7.11 Å². The molecule has 32 heavy (non-hydrogen) atoms. The number of rotatable bonds is 5. The van der Waals surface area contributed by atoms with Crippen LogP contribution in [0.1, 0.15) is 26.3 Å². The average Bonchev–Trinajstić information content (AvgIpc) is 2.81. The number of carbonyl (C=O) groups is 3. The summed E-state index contributed by atoms with van der Waals surface area (Å²) in [5.74, 6) is -0.463. The lowest BCUT2D eigenvalue weighted by molar-refractivity contribution is -0.121. The molecule has 4 rings (SSSR count). The maximum absolute atomic E-state index is 12.6. The van der Waals surface area contributed by atoms with Crippen molar-refractivity contribution in [1.82, 2.24) is 0 Å². The van der Waals surface area contributed by atoms with E-state index in [2.05, 4.69) is 5.32 Å². The van der Waals surface area contributed by atoms with E-state index in [4.69, 9.17) is 21.1 Å². The minimum atomic E-state index is -0.451. The zero-order valence-electron chi connectivity index (χ0n) is 17.1. The van der Waals surface area contributed by atoms with Crippen LogP contribution in [-0.4, -0.2) is 31.5 Å². The second-order valence-corrected chi connectivity index (χ2v) is 7.54. The van der Waals surface area contributed by atoms with Gasteiger partial charge in [0.1, 0.15) is 5.75 Å². The van der Waals surface area contributed by atoms with Crippen LogP contribution in [0.2, 0.25) is 5.02 Å². The first kappa shape index (κ1) is 21.4. The predicted molar refractivity (Wildman–Crippen MR) is 120 cm³/mol. The molecule has 1 aliphatic rings. The van der Waals surface area contributed by atoms with E-state index in [1.807, 2.05) is 6.07 Å². The van der Waals surface area contributed by atoms with Gasteiger partial charge in [0.15, 0.2) is 6.61 Å². The lowest BCUT2D eigenvalue weighted by atomic mass is 10.1. The summed E-state index contributed by atoms with van der Waals surface area (Å²) in [7, 11) is 1.32. The number of amides is 2. The highest BCUT2D eigenvalue weighted by Crippen LogP contribution is 2.35. The first-order valence-electron chi connectivity index (χ1n) is 9.76. The molecule has 3 aromatic carbocycles. The number of anilines is 2. The molecule has 0 saturated carbocycles. The van der Waals surface area contributed by atoms with Gasteiger partial charge in [-0.1, -0.05) is 23.7 Å². The van der Waals surface area contributed by atoms with Crippen LogP contribution in [-0.2, 0) is 16.1 Å². The zero-order chi connectivity index (χ0) is 22.7. The van der Waals surface area contributed by atoms with Gasteiger partial charge in [-0.05, 0) is 60.2 Å². The Morgan fingerprint density at radius 1 is 1.06 bits per heavy atom. The lowest BCUT2D eigenvalue weighted by Crippen LogP contribution is -2.38. The van der Waals surface area contributed by atoms with Crippen molar-refractivity contribution >= 4 is 40.8 Å². The second kappa shape index (κ2) is 9.11. The molecule has 0 spiro atoms. The van der Waals surface area contributed by atoms with Gasteiger partial charge in [0.25, 0.3) is 11.8 Å². The summed E-state index contributed by atoms with van der Waals surface area (Å²) in [5, 5.41) is 3.36. The molecule has 0 saturated heterocycles. The van der Waals surface area contributed by atoms with E-state index in [0.29, 0.717) is 33.3 Å². The van der Waals surface area contributed by atoms with Crippen molar-refractivity contribution in [3.8, 4) is 5.75 Å². The van der Waals surface area contributed by atoms with Gasteiger partial charge in [-0.2, -0.15) is 0 Å². The highest BCUT2D eigenvalue weighted by atomic mass is 35.5. The van der Waals surface area contributed by atoms with Crippen LogP contribution in [0, 0.1) is 0 Å². The van der Waals surface area contributed by atoms with E-state index in [9.17, 15) is 14.4 Å². The van der Waals surface area contributed by atoms with Crippen LogP contribution in [0.4, 0.5) is 11.4 Å². The smallest absolute Gasteiger partial charge is 0.337 e. The Morgan fingerprint density at radius 3 is 2.59 bits per heavy atom. The SMILES string of the molecule is COC(=O)c1cccc(CN2C(=O)COc3ccc(NC(=O)c4ccc(Cl)cc4)cc32)c1. The Labute approximate surface area is 189 Å². The third-order valence-corrected chi connectivity index (χ3v) is 5.21. The molecular weight excluding hydrogens is 432 g/mol. The van der Waals surface area contributed by atoms with Crippen molar-refractivity contribution in [1.29, 1.82) is 0 Å². The molecule has 0 bridgehead atoms. The summed E-state index contributed by atoms with van der Waals surface area (Å²) in [6.07, 6.45) is 0. The van der Waals surface area contributed by atoms with Crippen molar-refractivity contribution in [3.63, 3.8) is 0 Å². The summed E-state index contributed by atoms with van der Waals surface area (Å²) in [6.45, 7) is 0.134. The summed E-state index contributed by atoms with van der Waals surface area (Å²) >= 11 is 5.88. The molecule has 0 fully saturated rings. The molecule has 1 N–H and O–H groups in total. The molecule has 8 heteroatoms. The molecule has 3 aromatic rings. The number of methoxy groups -OCH3 is 1. The number of benzene rings is 3. The molecule has 162 valence electrons. The number of fused-ring (bicyclic) bond motifs is 1. The van der Waals surface area contributed by atoms with Crippen LogP contribution < -0.4 is 15.0 Å². The number of ether oxygens (including phenoxy) is 2. The van der Waals surface area contributed by atoms with Gasteiger partial charge in [0.05, 0.1) is 24.9 Å². The van der Waals surface area contributed by atoms with Crippen molar-refractivity contribution in [3.05, 3.63) is 88.4 Å². The van der Waals surface area contributed by atoms with E-state index >= 15 is 0 Å². The van der Waals surface area contributed by atoms with Crippen LogP contribution in [0.15, 0.2) is 66.7 Å². The minimum absolute atomic E-state index is 0.0971. The summed E-state index contributed by atoms with van der Waals surface area (Å²) in [6, 6.07) is 18.5. The van der Waals surface area contributed by atoms with Crippen LogP contribution >= 0.6 is 11.6 Å². The normalized spacial score (nSPS) is 12.6. The summed E-state index contributed by atoms with van der Waals surface area (Å²) < 4.78 is 10.3. The molecule has 0 unspecified atom stereocenters. The quantitative estimate of drug-likeness (QED) is 0.586. The van der Waals surface area contributed by atoms with Gasteiger partial charge in [0, 0.05) is 16.3 Å². The van der Waals surface area contributed by atoms with Crippen molar-refractivity contribution in [2.45, 2.75) is 6.54 Å². The van der Waals surface area contributed by atoms with Gasteiger partial charge in [-0.15, -0.1) is 0 Å². The lowest BCUT2D eigenvalue weighted by Gasteiger charge is -2.30. The zero-order valence-corrected chi connectivity index (χ0v) is 17.9. The van der Waals surface area contributed by atoms with Crippen molar-refractivity contribution in [2.75, 3.05) is 23.9 Å². The van der Waals surface area contributed by atoms with E-state index in [1.54, 1.807) is 65.6 Å². The van der Waals surface area contributed by atoms with Gasteiger partial charge in [-0.25, -0.2) is 4.79 Å². The summed E-state index contributed by atoms with van der Waals surface area (Å²) in [5.41, 5.74) is 2.64. The van der Waals surface area contributed by atoms with Crippen molar-refractivity contribution in [2.24, 2.45) is 0 Å². The van der Waals surface area contributed by atoms with Crippen LogP contribution in [0.25, 0.3) is 0 Å². The minimum Gasteiger partial charge on any atom is -0.482 e. The molecule has 0 aromatic heterocycles. The third-order valence-electron chi connectivity index (χ3n) is 4.95. The third kappa shape index (κ3) is 4.58. The number of nitrogens with one attached hydrogen (secondary N) is 1. The fraction of sp³-hybridized carbons (Fsp3) is 0.125. The van der Waals surface area contributed by atoms with E-state index < -0.39 is 5.97 Å². The van der Waals surface area contributed by atoms with E-state index in [0.717, 1.165) is 5.56 Å². The monoisotopic (exact) mass is 450 g/mol. The summed E-state index contributed by atoms with van der Waals surface area (Å²) in [4.78, 5) is 38.6. The predicted octanol–water partition coefficient (Wildman–Crippen LogP) is 4.30. The molecule has 0 radical (unpaired) electrons. The van der Waals surface area contributed by atoms with E-state index in [-0.39, 0.29) is 25.0 Å². The Balaban J connectivity index is 1.59. The molecule has 0 aliphatic carbocycles. The Hall–Kier alpha value is -3.84. The number of carbonyl (C=O) groups excluding carboxylic acids is 3. The number of esters is 1. The molecule has 2 amide bonds. The van der Waals surface area contributed by atoms with Crippen LogP contribution in [0.5, 0.6) is 5.75 Å². The Morgan fingerprint density at radius 2 is 1.84 bits per heavy atom.